The number of hydrogen-bond acceptors (Lipinski definition) is 3. The minimum atomic E-state index is 0.0508. The van der Waals surface area contributed by atoms with Crippen molar-refractivity contribution in [2.75, 3.05) is 39.8 Å². The molecule has 2 aliphatic rings. The van der Waals surface area contributed by atoms with Crippen LogP contribution in [0.4, 0.5) is 0 Å². The summed E-state index contributed by atoms with van der Waals surface area (Å²) in [6.45, 7) is 8.12. The van der Waals surface area contributed by atoms with E-state index < -0.39 is 0 Å². The van der Waals surface area contributed by atoms with Crippen LogP contribution in [0, 0.1) is 12.8 Å². The quantitative estimate of drug-likeness (QED) is 0.804. The zero-order valence-corrected chi connectivity index (χ0v) is 15.9. The smallest absolute Gasteiger partial charge is 0.101 e. The van der Waals surface area contributed by atoms with Gasteiger partial charge in [0.15, 0.2) is 0 Å². The first kappa shape index (κ1) is 18.0. The van der Waals surface area contributed by atoms with Gasteiger partial charge in [0, 0.05) is 25.2 Å². The summed E-state index contributed by atoms with van der Waals surface area (Å²) in [4.78, 5) is 4.98. The average Bonchev–Trinajstić information content (AvgIpc) is 2.51. The maximum absolute atomic E-state index is 6.63. The number of hydrogen-bond donors (Lipinski definition) is 1. The third-order valence-corrected chi connectivity index (χ3v) is 6.01. The Labute approximate surface area is 149 Å². The standard InChI is InChI=1S/C20H34BN3/c1-16-11-17(5-8-21)3-4-19(16)12-18-13-24(14-18)15-20(22)6-9-23(2)10-7-20/h3-4,11,18H,5-10,12-15,21-22H2,1-2H3. The number of rotatable bonds is 6. The Morgan fingerprint density at radius 1 is 1.25 bits per heavy atom. The molecule has 2 fully saturated rings. The Hall–Kier alpha value is -0.835. The molecule has 0 spiro atoms. The van der Waals surface area contributed by atoms with Gasteiger partial charge in [-0.25, -0.2) is 0 Å². The molecule has 0 aliphatic carbocycles. The van der Waals surface area contributed by atoms with E-state index in [4.69, 9.17) is 5.73 Å². The fourth-order valence-corrected chi connectivity index (χ4v) is 4.34. The molecule has 2 saturated heterocycles. The normalized spacial score (nSPS) is 22.5. The van der Waals surface area contributed by atoms with Gasteiger partial charge in [0.2, 0.25) is 0 Å². The van der Waals surface area contributed by atoms with E-state index in [9.17, 15) is 0 Å². The van der Waals surface area contributed by atoms with Gasteiger partial charge in [0.1, 0.15) is 7.85 Å². The molecule has 0 unspecified atom stereocenters. The van der Waals surface area contributed by atoms with E-state index in [0.29, 0.717) is 0 Å². The summed E-state index contributed by atoms with van der Waals surface area (Å²) in [6.07, 6.45) is 5.94. The molecule has 0 amide bonds. The van der Waals surface area contributed by atoms with Crippen molar-refractivity contribution in [3.8, 4) is 0 Å². The lowest BCUT2D eigenvalue weighted by atomic mass is 9.84. The van der Waals surface area contributed by atoms with Gasteiger partial charge in [-0.1, -0.05) is 24.5 Å². The molecule has 0 radical (unpaired) electrons. The van der Waals surface area contributed by atoms with Crippen LogP contribution in [-0.2, 0) is 12.8 Å². The summed E-state index contributed by atoms with van der Waals surface area (Å²) in [7, 11) is 4.45. The van der Waals surface area contributed by atoms with Crippen molar-refractivity contribution < 1.29 is 0 Å². The fourth-order valence-electron chi connectivity index (χ4n) is 4.34. The molecule has 0 bridgehead atoms. The zero-order chi connectivity index (χ0) is 17.2. The van der Waals surface area contributed by atoms with Gasteiger partial charge in [0.25, 0.3) is 0 Å². The van der Waals surface area contributed by atoms with Gasteiger partial charge >= 0.3 is 0 Å². The third kappa shape index (κ3) is 4.41. The summed E-state index contributed by atoms with van der Waals surface area (Å²) in [5.74, 6) is 0.815. The highest BCUT2D eigenvalue weighted by molar-refractivity contribution is 6.08. The summed E-state index contributed by atoms with van der Waals surface area (Å²) in [5, 5.41) is 0. The van der Waals surface area contributed by atoms with E-state index in [1.54, 1.807) is 5.56 Å². The molecule has 24 heavy (non-hydrogen) atoms. The molecule has 2 heterocycles. The monoisotopic (exact) mass is 327 g/mol. The number of nitrogens with two attached hydrogens (primary N) is 1. The van der Waals surface area contributed by atoms with Crippen LogP contribution in [0.3, 0.4) is 0 Å². The van der Waals surface area contributed by atoms with Crippen molar-refractivity contribution in [1.82, 2.24) is 9.80 Å². The predicted octanol–water partition coefficient (Wildman–Crippen LogP) is 1.49. The molecular weight excluding hydrogens is 293 g/mol. The van der Waals surface area contributed by atoms with E-state index in [1.807, 2.05) is 0 Å². The van der Waals surface area contributed by atoms with Gasteiger partial charge in [-0.2, -0.15) is 0 Å². The van der Waals surface area contributed by atoms with Gasteiger partial charge < -0.3 is 15.5 Å². The first-order valence-electron chi connectivity index (χ1n) is 9.75. The van der Waals surface area contributed by atoms with Crippen LogP contribution in [0.1, 0.15) is 29.5 Å². The highest BCUT2D eigenvalue weighted by Crippen LogP contribution is 2.27. The first-order valence-corrected chi connectivity index (χ1v) is 9.75. The Balaban J connectivity index is 1.45. The molecule has 1 aromatic carbocycles. The lowest BCUT2D eigenvalue weighted by Crippen LogP contribution is -2.60. The Bertz CT molecular complexity index is 546. The summed E-state index contributed by atoms with van der Waals surface area (Å²) < 4.78 is 0. The Kier molecular flexibility index (Phi) is 5.68. The number of likely N-dealkylation sites (tertiary alicyclic amines) is 2. The fraction of sp³-hybridized carbons (Fsp3) is 0.700. The average molecular weight is 327 g/mol. The molecule has 1 aromatic rings. The lowest BCUT2D eigenvalue weighted by Gasteiger charge is -2.47. The van der Waals surface area contributed by atoms with Gasteiger partial charge in [-0.3, -0.25) is 0 Å². The summed E-state index contributed by atoms with van der Waals surface area (Å²) in [5.41, 5.74) is 11.2. The van der Waals surface area contributed by atoms with Crippen LogP contribution in [0.5, 0.6) is 0 Å². The third-order valence-electron chi connectivity index (χ3n) is 6.01. The Morgan fingerprint density at radius 2 is 1.96 bits per heavy atom. The maximum atomic E-state index is 6.63. The van der Waals surface area contributed by atoms with Gasteiger partial charge in [0.05, 0.1) is 0 Å². The van der Waals surface area contributed by atoms with Gasteiger partial charge in [-0.05, 0) is 75.4 Å². The van der Waals surface area contributed by atoms with Crippen molar-refractivity contribution in [3.63, 3.8) is 0 Å². The number of benzene rings is 1. The second kappa shape index (κ2) is 7.59. The zero-order valence-electron chi connectivity index (χ0n) is 15.9. The second-order valence-corrected chi connectivity index (χ2v) is 8.44. The van der Waals surface area contributed by atoms with Crippen LogP contribution in [0.15, 0.2) is 18.2 Å². The first-order chi connectivity index (χ1) is 11.5. The molecule has 0 saturated carbocycles. The van der Waals surface area contributed by atoms with E-state index in [1.165, 1.54) is 43.4 Å². The molecule has 2 aliphatic heterocycles. The SMILES string of the molecule is BCCc1ccc(CC2CN(CC3(N)CCN(C)CC3)C2)c(C)c1. The summed E-state index contributed by atoms with van der Waals surface area (Å²) in [6, 6.07) is 7.09. The van der Waals surface area contributed by atoms with Crippen molar-refractivity contribution >= 4 is 7.85 Å². The van der Waals surface area contributed by atoms with Crippen LogP contribution in [-0.4, -0.2) is 63.0 Å². The molecule has 132 valence electrons. The van der Waals surface area contributed by atoms with Crippen molar-refractivity contribution in [2.24, 2.45) is 11.7 Å². The number of aryl methyl sites for hydroxylation is 2. The van der Waals surface area contributed by atoms with E-state index >= 15 is 0 Å². The lowest BCUT2D eigenvalue weighted by molar-refractivity contribution is 0.0530. The minimum Gasteiger partial charge on any atom is -0.324 e. The highest BCUT2D eigenvalue weighted by Gasteiger charge is 2.36. The highest BCUT2D eigenvalue weighted by atomic mass is 15.2. The topological polar surface area (TPSA) is 32.5 Å². The van der Waals surface area contributed by atoms with E-state index in [2.05, 4.69) is 49.8 Å². The molecule has 0 atom stereocenters. The minimum absolute atomic E-state index is 0.0508. The second-order valence-electron chi connectivity index (χ2n) is 8.44. The predicted molar refractivity (Wildman–Crippen MR) is 106 cm³/mol. The number of piperidine rings is 1. The van der Waals surface area contributed by atoms with Crippen molar-refractivity contribution in [1.29, 1.82) is 0 Å². The molecule has 2 N–H and O–H groups in total. The van der Waals surface area contributed by atoms with Crippen molar-refractivity contribution in [3.05, 3.63) is 34.9 Å². The van der Waals surface area contributed by atoms with Crippen molar-refractivity contribution in [2.45, 2.75) is 44.5 Å². The number of nitrogens with zero attached hydrogens (tertiary/aromatic N) is 2. The molecule has 3 rings (SSSR count). The van der Waals surface area contributed by atoms with Crippen LogP contribution >= 0.6 is 0 Å². The molecular formula is C20H34BN3. The van der Waals surface area contributed by atoms with Gasteiger partial charge in [-0.15, -0.1) is 0 Å². The molecule has 3 nitrogen and oxygen atoms in total. The summed E-state index contributed by atoms with van der Waals surface area (Å²) >= 11 is 0. The van der Waals surface area contributed by atoms with Crippen LogP contribution < -0.4 is 5.73 Å². The van der Waals surface area contributed by atoms with E-state index in [-0.39, 0.29) is 5.54 Å². The molecule has 0 aromatic heterocycles. The Morgan fingerprint density at radius 3 is 2.58 bits per heavy atom. The van der Waals surface area contributed by atoms with Crippen LogP contribution in [0.2, 0.25) is 6.32 Å². The molecule has 4 heteroatoms. The maximum Gasteiger partial charge on any atom is 0.101 e. The largest absolute Gasteiger partial charge is 0.324 e. The van der Waals surface area contributed by atoms with Crippen LogP contribution in [0.25, 0.3) is 0 Å². The van der Waals surface area contributed by atoms with E-state index in [0.717, 1.165) is 38.4 Å².